The number of rotatable bonds is 5. The first-order valence-electron chi connectivity index (χ1n) is 10.5. The molecule has 1 N–H and O–H groups in total. The van der Waals surface area contributed by atoms with Gasteiger partial charge in [-0.25, -0.2) is 17.5 Å². The van der Waals surface area contributed by atoms with Gasteiger partial charge in [-0.05, 0) is 70.2 Å². The Hall–Kier alpha value is -1.51. The van der Waals surface area contributed by atoms with Crippen molar-refractivity contribution in [2.75, 3.05) is 26.2 Å². The Bertz CT molecular complexity index is 828. The molecule has 162 valence electrons. The van der Waals surface area contributed by atoms with Crippen LogP contribution in [0.15, 0.2) is 23.1 Å². The Labute approximate surface area is 173 Å². The van der Waals surface area contributed by atoms with Crippen LogP contribution in [0.2, 0.25) is 0 Å². The smallest absolute Gasteiger partial charge is 0.241 e. The number of halogens is 1. The maximum atomic E-state index is 13.3. The summed E-state index contributed by atoms with van der Waals surface area (Å²) in [4.78, 5) is 17.3. The van der Waals surface area contributed by atoms with Gasteiger partial charge in [-0.15, -0.1) is 0 Å². The van der Waals surface area contributed by atoms with E-state index in [9.17, 15) is 17.6 Å². The van der Waals surface area contributed by atoms with E-state index in [1.165, 1.54) is 12.1 Å². The summed E-state index contributed by atoms with van der Waals surface area (Å²) >= 11 is 0. The van der Waals surface area contributed by atoms with Gasteiger partial charge in [-0.3, -0.25) is 9.69 Å². The van der Waals surface area contributed by atoms with Crippen LogP contribution in [0.1, 0.15) is 45.1 Å². The van der Waals surface area contributed by atoms with Crippen molar-refractivity contribution in [1.82, 2.24) is 14.5 Å². The summed E-state index contributed by atoms with van der Waals surface area (Å²) in [6, 6.07) is 4.00. The maximum absolute atomic E-state index is 13.3. The molecule has 2 fully saturated rings. The fourth-order valence-electron chi connectivity index (χ4n) is 4.37. The van der Waals surface area contributed by atoms with E-state index >= 15 is 0 Å². The molecule has 0 atom stereocenters. The Morgan fingerprint density at radius 1 is 1.10 bits per heavy atom. The Balaban J connectivity index is 1.52. The molecule has 0 spiro atoms. The molecule has 1 aliphatic heterocycles. The minimum atomic E-state index is -3.70. The van der Waals surface area contributed by atoms with E-state index in [4.69, 9.17) is 0 Å². The van der Waals surface area contributed by atoms with E-state index in [0.717, 1.165) is 32.2 Å². The van der Waals surface area contributed by atoms with Crippen molar-refractivity contribution in [3.8, 4) is 0 Å². The van der Waals surface area contributed by atoms with Crippen LogP contribution in [-0.4, -0.2) is 62.4 Å². The first-order chi connectivity index (χ1) is 13.7. The highest BCUT2D eigenvalue weighted by molar-refractivity contribution is 7.89. The molecule has 1 saturated carbocycles. The standard InChI is InChI=1S/C21H32FN3O3S/c1-15(2)24-10-12-25(13-11-24)21(26)17-4-7-19(8-5-17)23-29(27,28)20-9-6-18(22)14-16(20)3/h6,9,14-15,17,19,23H,4-5,7-8,10-13H2,1-3H3. The summed E-state index contributed by atoms with van der Waals surface area (Å²) in [5.41, 5.74) is 0.391. The van der Waals surface area contributed by atoms with E-state index in [1.54, 1.807) is 6.92 Å². The van der Waals surface area contributed by atoms with E-state index in [0.29, 0.717) is 37.3 Å². The first-order valence-corrected chi connectivity index (χ1v) is 12.0. The number of carbonyl (C=O) groups excluding carboxylic acids is 1. The number of carbonyl (C=O) groups is 1. The molecule has 6 nitrogen and oxygen atoms in total. The predicted molar refractivity (Wildman–Crippen MR) is 110 cm³/mol. The van der Waals surface area contributed by atoms with Crippen molar-refractivity contribution < 1.29 is 17.6 Å². The van der Waals surface area contributed by atoms with Gasteiger partial charge in [-0.1, -0.05) is 0 Å². The minimum absolute atomic E-state index is 0.0195. The molecule has 1 saturated heterocycles. The molecule has 0 bridgehead atoms. The van der Waals surface area contributed by atoms with Crippen LogP contribution in [0, 0.1) is 18.7 Å². The Morgan fingerprint density at radius 2 is 1.72 bits per heavy atom. The third-order valence-electron chi connectivity index (χ3n) is 6.18. The van der Waals surface area contributed by atoms with E-state index in [2.05, 4.69) is 23.5 Å². The van der Waals surface area contributed by atoms with Crippen LogP contribution in [0.5, 0.6) is 0 Å². The van der Waals surface area contributed by atoms with Gasteiger partial charge in [0, 0.05) is 44.2 Å². The quantitative estimate of drug-likeness (QED) is 0.787. The van der Waals surface area contributed by atoms with Gasteiger partial charge in [0.1, 0.15) is 5.82 Å². The van der Waals surface area contributed by atoms with Gasteiger partial charge < -0.3 is 4.90 Å². The first kappa shape index (κ1) is 22.2. The zero-order valence-corrected chi connectivity index (χ0v) is 18.3. The molecular weight excluding hydrogens is 393 g/mol. The highest BCUT2D eigenvalue weighted by Gasteiger charge is 2.33. The fraction of sp³-hybridized carbons (Fsp3) is 0.667. The van der Waals surface area contributed by atoms with Crippen molar-refractivity contribution in [1.29, 1.82) is 0 Å². The van der Waals surface area contributed by atoms with Gasteiger partial charge in [0.25, 0.3) is 0 Å². The van der Waals surface area contributed by atoms with Crippen molar-refractivity contribution in [2.24, 2.45) is 5.92 Å². The van der Waals surface area contributed by atoms with Crippen LogP contribution in [0.25, 0.3) is 0 Å². The maximum Gasteiger partial charge on any atom is 0.241 e. The molecule has 3 rings (SSSR count). The van der Waals surface area contributed by atoms with E-state index in [1.807, 2.05) is 4.90 Å². The number of hydrogen-bond acceptors (Lipinski definition) is 4. The van der Waals surface area contributed by atoms with Crippen LogP contribution in [-0.2, 0) is 14.8 Å². The van der Waals surface area contributed by atoms with Gasteiger partial charge in [-0.2, -0.15) is 0 Å². The molecule has 1 aromatic rings. The number of hydrogen-bond donors (Lipinski definition) is 1. The predicted octanol–water partition coefficient (Wildman–Crippen LogP) is 2.52. The van der Waals surface area contributed by atoms with Crippen molar-refractivity contribution in [2.45, 2.75) is 63.4 Å². The third-order valence-corrected chi connectivity index (χ3v) is 7.86. The van der Waals surface area contributed by atoms with Crippen LogP contribution in [0.4, 0.5) is 4.39 Å². The molecule has 1 heterocycles. The van der Waals surface area contributed by atoms with Crippen molar-refractivity contribution >= 4 is 15.9 Å². The van der Waals surface area contributed by atoms with Crippen LogP contribution >= 0.6 is 0 Å². The number of sulfonamides is 1. The van der Waals surface area contributed by atoms with Gasteiger partial charge in [0.05, 0.1) is 4.90 Å². The number of aryl methyl sites for hydroxylation is 1. The number of benzene rings is 1. The highest BCUT2D eigenvalue weighted by atomic mass is 32.2. The van der Waals surface area contributed by atoms with Gasteiger partial charge in [0.15, 0.2) is 0 Å². The molecule has 1 amide bonds. The number of amides is 1. The minimum Gasteiger partial charge on any atom is -0.340 e. The Kier molecular flexibility index (Phi) is 6.96. The highest BCUT2D eigenvalue weighted by Crippen LogP contribution is 2.28. The number of nitrogens with zero attached hydrogens (tertiary/aromatic N) is 2. The van der Waals surface area contributed by atoms with Gasteiger partial charge in [0.2, 0.25) is 15.9 Å². The molecule has 8 heteroatoms. The lowest BCUT2D eigenvalue weighted by Gasteiger charge is -2.39. The summed E-state index contributed by atoms with van der Waals surface area (Å²) in [6.07, 6.45) is 2.67. The zero-order valence-electron chi connectivity index (χ0n) is 17.5. The lowest BCUT2D eigenvalue weighted by Crippen LogP contribution is -2.52. The lowest BCUT2D eigenvalue weighted by atomic mass is 9.85. The fourth-order valence-corrected chi connectivity index (χ4v) is 5.90. The molecule has 0 radical (unpaired) electrons. The summed E-state index contributed by atoms with van der Waals surface area (Å²) in [5, 5.41) is 0. The zero-order chi connectivity index (χ0) is 21.2. The largest absolute Gasteiger partial charge is 0.340 e. The summed E-state index contributed by atoms with van der Waals surface area (Å²) in [6.45, 7) is 9.30. The second kappa shape index (κ2) is 9.10. The van der Waals surface area contributed by atoms with E-state index in [-0.39, 0.29) is 22.8 Å². The molecule has 29 heavy (non-hydrogen) atoms. The average molecular weight is 426 g/mol. The monoisotopic (exact) mass is 425 g/mol. The second-order valence-corrected chi connectivity index (χ2v) is 10.2. The van der Waals surface area contributed by atoms with Crippen LogP contribution < -0.4 is 4.72 Å². The molecule has 1 aromatic carbocycles. The molecule has 0 aromatic heterocycles. The second-order valence-electron chi connectivity index (χ2n) is 8.53. The molecule has 1 aliphatic carbocycles. The molecular formula is C21H32FN3O3S. The third kappa shape index (κ3) is 5.35. The normalized spacial score (nSPS) is 24.1. The molecule has 0 unspecified atom stereocenters. The van der Waals surface area contributed by atoms with E-state index < -0.39 is 15.8 Å². The topological polar surface area (TPSA) is 69.7 Å². The summed E-state index contributed by atoms with van der Waals surface area (Å²) < 4.78 is 41.4. The number of piperazine rings is 1. The van der Waals surface area contributed by atoms with Gasteiger partial charge >= 0.3 is 0 Å². The Morgan fingerprint density at radius 3 is 2.28 bits per heavy atom. The van der Waals surface area contributed by atoms with Crippen LogP contribution in [0.3, 0.4) is 0 Å². The summed E-state index contributed by atoms with van der Waals surface area (Å²) in [5.74, 6) is -0.257. The SMILES string of the molecule is Cc1cc(F)ccc1S(=O)(=O)NC1CCC(C(=O)N2CCN(C(C)C)CC2)CC1. The van der Waals surface area contributed by atoms with Crippen molar-refractivity contribution in [3.05, 3.63) is 29.6 Å². The number of nitrogens with one attached hydrogen (secondary N) is 1. The average Bonchev–Trinajstić information content (AvgIpc) is 2.67. The lowest BCUT2D eigenvalue weighted by molar-refractivity contribution is -0.138. The van der Waals surface area contributed by atoms with Crippen molar-refractivity contribution in [3.63, 3.8) is 0 Å². The molecule has 2 aliphatic rings. The summed E-state index contributed by atoms with van der Waals surface area (Å²) in [7, 11) is -3.70.